The number of pyridine rings is 1. The molecule has 1 aromatic rings. The number of hydrogen-bond donors (Lipinski definition) is 2. The molecule has 86 valence electrons. The molecular weight excluding hydrogens is 210 g/mol. The molecular formula is C10H13N3O3. The van der Waals surface area contributed by atoms with Crippen LogP contribution in [0.2, 0.25) is 0 Å². The van der Waals surface area contributed by atoms with Crippen molar-refractivity contribution in [3.63, 3.8) is 0 Å². The number of hydrogen-bond acceptors (Lipinski definition) is 5. The smallest absolute Gasteiger partial charge is 0.339 e. The molecule has 0 aliphatic carbocycles. The van der Waals surface area contributed by atoms with E-state index >= 15 is 0 Å². The van der Waals surface area contributed by atoms with Crippen LogP contribution in [0.1, 0.15) is 10.4 Å². The van der Waals surface area contributed by atoms with Gasteiger partial charge < -0.3 is 15.3 Å². The van der Waals surface area contributed by atoms with Gasteiger partial charge in [-0.1, -0.05) is 0 Å². The van der Waals surface area contributed by atoms with E-state index in [4.69, 9.17) is 9.84 Å². The van der Waals surface area contributed by atoms with Gasteiger partial charge in [0.05, 0.1) is 13.2 Å². The van der Waals surface area contributed by atoms with Crippen molar-refractivity contribution in [1.82, 2.24) is 9.99 Å². The number of aromatic carboxylic acids is 1. The maximum atomic E-state index is 10.9. The number of nitrogens with zero attached hydrogens (tertiary/aromatic N) is 2. The number of hydrazine groups is 1. The van der Waals surface area contributed by atoms with Gasteiger partial charge in [0.1, 0.15) is 5.56 Å². The highest BCUT2D eigenvalue weighted by Crippen LogP contribution is 2.12. The van der Waals surface area contributed by atoms with Crippen LogP contribution in [-0.2, 0) is 4.74 Å². The number of morpholine rings is 1. The van der Waals surface area contributed by atoms with Gasteiger partial charge in [-0.05, 0) is 12.1 Å². The van der Waals surface area contributed by atoms with E-state index in [0.717, 1.165) is 13.1 Å². The van der Waals surface area contributed by atoms with Gasteiger partial charge >= 0.3 is 5.97 Å². The van der Waals surface area contributed by atoms with Gasteiger partial charge in [-0.3, -0.25) is 0 Å². The third-order valence-electron chi connectivity index (χ3n) is 2.31. The summed E-state index contributed by atoms with van der Waals surface area (Å²) in [6, 6.07) is 3.13. The number of rotatable bonds is 3. The summed E-state index contributed by atoms with van der Waals surface area (Å²) < 4.78 is 5.20. The summed E-state index contributed by atoms with van der Waals surface area (Å²) in [5.41, 5.74) is 3.17. The minimum absolute atomic E-state index is 0.175. The standard InChI is InChI=1S/C10H13N3O3/c14-10(15)8-2-1-3-11-9(8)12-13-4-6-16-7-5-13/h1-3H,4-7H2,(H,11,12)(H,14,15). The molecule has 1 aliphatic heterocycles. The first-order valence-corrected chi connectivity index (χ1v) is 5.05. The molecule has 2 heterocycles. The Bertz CT molecular complexity index is 377. The van der Waals surface area contributed by atoms with Gasteiger partial charge in [-0.15, -0.1) is 0 Å². The first-order valence-electron chi connectivity index (χ1n) is 5.05. The molecule has 1 aromatic heterocycles. The molecule has 0 amide bonds. The van der Waals surface area contributed by atoms with Crippen molar-refractivity contribution in [3.05, 3.63) is 23.9 Å². The summed E-state index contributed by atoms with van der Waals surface area (Å²) in [5.74, 6) is -0.610. The van der Waals surface area contributed by atoms with E-state index in [0.29, 0.717) is 19.0 Å². The zero-order chi connectivity index (χ0) is 11.4. The van der Waals surface area contributed by atoms with Crippen molar-refractivity contribution >= 4 is 11.8 Å². The van der Waals surface area contributed by atoms with Crippen LogP contribution in [0.25, 0.3) is 0 Å². The molecule has 0 bridgehead atoms. The minimum Gasteiger partial charge on any atom is -0.478 e. The largest absolute Gasteiger partial charge is 0.478 e. The fourth-order valence-corrected chi connectivity index (χ4v) is 1.49. The zero-order valence-corrected chi connectivity index (χ0v) is 8.72. The second kappa shape index (κ2) is 4.91. The summed E-state index contributed by atoms with van der Waals surface area (Å²) in [6.07, 6.45) is 1.56. The van der Waals surface area contributed by atoms with E-state index in [1.807, 2.05) is 5.01 Å². The molecule has 2 rings (SSSR count). The van der Waals surface area contributed by atoms with Gasteiger partial charge in [-0.25, -0.2) is 14.8 Å². The molecule has 1 fully saturated rings. The van der Waals surface area contributed by atoms with Crippen LogP contribution in [0.4, 0.5) is 5.82 Å². The van der Waals surface area contributed by atoms with Gasteiger partial charge in [-0.2, -0.15) is 0 Å². The average Bonchev–Trinajstić information content (AvgIpc) is 2.31. The molecule has 0 atom stereocenters. The lowest BCUT2D eigenvalue weighted by Crippen LogP contribution is -2.40. The zero-order valence-electron chi connectivity index (χ0n) is 8.72. The summed E-state index contributed by atoms with van der Waals surface area (Å²) >= 11 is 0. The average molecular weight is 223 g/mol. The van der Waals surface area contributed by atoms with E-state index in [2.05, 4.69) is 10.4 Å². The Morgan fingerprint density at radius 1 is 1.50 bits per heavy atom. The Kier molecular flexibility index (Phi) is 3.33. The number of carboxylic acid groups (broad SMARTS) is 1. The number of ether oxygens (including phenoxy) is 1. The molecule has 0 spiro atoms. The molecule has 2 N–H and O–H groups in total. The highest BCUT2D eigenvalue weighted by atomic mass is 16.5. The Balaban J connectivity index is 2.10. The second-order valence-corrected chi connectivity index (χ2v) is 3.42. The fraction of sp³-hybridized carbons (Fsp3) is 0.400. The lowest BCUT2D eigenvalue weighted by Gasteiger charge is -2.27. The summed E-state index contributed by atoms with van der Waals surface area (Å²) in [4.78, 5) is 15.0. The molecule has 16 heavy (non-hydrogen) atoms. The third kappa shape index (κ3) is 2.47. The lowest BCUT2D eigenvalue weighted by atomic mass is 10.2. The Morgan fingerprint density at radius 2 is 2.25 bits per heavy atom. The van der Waals surface area contributed by atoms with Crippen LogP contribution in [0.3, 0.4) is 0 Å². The van der Waals surface area contributed by atoms with Crippen molar-refractivity contribution in [2.75, 3.05) is 31.7 Å². The predicted molar refractivity (Wildman–Crippen MR) is 57.2 cm³/mol. The summed E-state index contributed by atoms with van der Waals surface area (Å²) in [5, 5.41) is 10.9. The van der Waals surface area contributed by atoms with Crippen molar-refractivity contribution in [3.8, 4) is 0 Å². The predicted octanol–water partition coefficient (Wildman–Crippen LogP) is 0.439. The quantitative estimate of drug-likeness (QED) is 0.774. The van der Waals surface area contributed by atoms with E-state index in [-0.39, 0.29) is 5.56 Å². The van der Waals surface area contributed by atoms with Gasteiger partial charge in [0.2, 0.25) is 0 Å². The van der Waals surface area contributed by atoms with Crippen LogP contribution in [-0.4, -0.2) is 47.4 Å². The maximum Gasteiger partial charge on any atom is 0.339 e. The van der Waals surface area contributed by atoms with Crippen molar-refractivity contribution in [2.24, 2.45) is 0 Å². The van der Waals surface area contributed by atoms with Gasteiger partial charge in [0.15, 0.2) is 5.82 Å². The van der Waals surface area contributed by atoms with Crippen LogP contribution in [0, 0.1) is 0 Å². The Hall–Kier alpha value is -1.66. The van der Waals surface area contributed by atoms with Crippen LogP contribution in [0.15, 0.2) is 18.3 Å². The first-order chi connectivity index (χ1) is 7.77. The molecule has 0 unspecified atom stereocenters. The van der Waals surface area contributed by atoms with Crippen molar-refractivity contribution < 1.29 is 14.6 Å². The number of carbonyl (C=O) groups is 1. The maximum absolute atomic E-state index is 10.9. The molecule has 0 aromatic carbocycles. The SMILES string of the molecule is O=C(O)c1cccnc1NN1CCOCC1. The fourth-order valence-electron chi connectivity index (χ4n) is 1.49. The van der Waals surface area contributed by atoms with Crippen LogP contribution in [0.5, 0.6) is 0 Å². The molecule has 1 aliphatic rings. The van der Waals surface area contributed by atoms with Gasteiger partial charge in [0.25, 0.3) is 0 Å². The third-order valence-corrected chi connectivity index (χ3v) is 2.31. The monoisotopic (exact) mass is 223 g/mol. The number of carboxylic acids is 1. The van der Waals surface area contributed by atoms with E-state index < -0.39 is 5.97 Å². The topological polar surface area (TPSA) is 74.7 Å². The highest BCUT2D eigenvalue weighted by Gasteiger charge is 2.15. The van der Waals surface area contributed by atoms with E-state index in [1.165, 1.54) is 6.07 Å². The molecule has 1 saturated heterocycles. The number of aromatic nitrogens is 1. The van der Waals surface area contributed by atoms with Crippen LogP contribution < -0.4 is 5.43 Å². The van der Waals surface area contributed by atoms with E-state index in [9.17, 15) is 4.79 Å². The van der Waals surface area contributed by atoms with Crippen molar-refractivity contribution in [1.29, 1.82) is 0 Å². The minimum atomic E-state index is -0.983. The van der Waals surface area contributed by atoms with Gasteiger partial charge in [0, 0.05) is 19.3 Å². The second-order valence-electron chi connectivity index (χ2n) is 3.42. The van der Waals surface area contributed by atoms with Crippen molar-refractivity contribution in [2.45, 2.75) is 0 Å². The molecule has 6 nitrogen and oxygen atoms in total. The lowest BCUT2D eigenvalue weighted by molar-refractivity contribution is 0.0493. The molecule has 0 radical (unpaired) electrons. The highest BCUT2D eigenvalue weighted by molar-refractivity contribution is 5.92. The summed E-state index contributed by atoms with van der Waals surface area (Å²) in [6.45, 7) is 2.72. The normalized spacial score (nSPS) is 17.0. The molecule has 6 heteroatoms. The van der Waals surface area contributed by atoms with Crippen LogP contribution >= 0.6 is 0 Å². The Morgan fingerprint density at radius 3 is 2.94 bits per heavy atom. The Labute approximate surface area is 92.8 Å². The molecule has 0 saturated carbocycles. The number of anilines is 1. The van der Waals surface area contributed by atoms with E-state index in [1.54, 1.807) is 12.3 Å². The summed E-state index contributed by atoms with van der Waals surface area (Å²) in [7, 11) is 0. The first kappa shape index (κ1) is 10.8. The number of nitrogens with one attached hydrogen (secondary N) is 1.